The lowest BCUT2D eigenvalue weighted by Crippen LogP contribution is -2.06. The Hall–Kier alpha value is -3.68. The standard InChI is InChI=1S/C23H14Cl2N2O5/c24-17-5-1-4-15(9-17)13-31-18-6-2-3-14(10-18)11-20-23(28)32-22(26-20)16-7-8-19(25)21(12-16)27(29)30/h1-12H,13H2/b20-11-. The molecular weight excluding hydrogens is 455 g/mol. The highest BCUT2D eigenvalue weighted by atomic mass is 35.5. The lowest BCUT2D eigenvalue weighted by Gasteiger charge is -2.07. The quantitative estimate of drug-likeness (QED) is 0.196. The van der Waals surface area contributed by atoms with Gasteiger partial charge in [0.1, 0.15) is 17.4 Å². The molecule has 0 N–H and O–H groups in total. The average Bonchev–Trinajstić information content (AvgIpc) is 3.13. The number of aliphatic imine (C=N–C) groups is 1. The molecular formula is C23H14Cl2N2O5. The lowest BCUT2D eigenvalue weighted by atomic mass is 10.2. The second-order valence-corrected chi connectivity index (χ2v) is 7.59. The van der Waals surface area contributed by atoms with Gasteiger partial charge in [-0.2, -0.15) is 0 Å². The Morgan fingerprint density at radius 1 is 1.06 bits per heavy atom. The predicted molar refractivity (Wildman–Crippen MR) is 121 cm³/mol. The number of halogens is 2. The van der Waals surface area contributed by atoms with E-state index in [9.17, 15) is 14.9 Å². The minimum Gasteiger partial charge on any atom is -0.489 e. The maximum atomic E-state index is 12.3. The monoisotopic (exact) mass is 468 g/mol. The first kappa shape index (κ1) is 21.5. The van der Waals surface area contributed by atoms with E-state index in [2.05, 4.69) is 4.99 Å². The number of rotatable bonds is 6. The number of nitrogens with zero attached hydrogens (tertiary/aromatic N) is 2. The minimum absolute atomic E-state index is 0.0194. The summed E-state index contributed by atoms with van der Waals surface area (Å²) < 4.78 is 11.0. The molecule has 0 bridgehead atoms. The molecule has 3 aromatic carbocycles. The van der Waals surface area contributed by atoms with Crippen LogP contribution in [0.5, 0.6) is 5.75 Å². The van der Waals surface area contributed by atoms with E-state index >= 15 is 0 Å². The fourth-order valence-electron chi connectivity index (χ4n) is 2.96. The molecule has 0 spiro atoms. The van der Waals surface area contributed by atoms with Crippen LogP contribution in [0.2, 0.25) is 10.0 Å². The Morgan fingerprint density at radius 2 is 1.88 bits per heavy atom. The van der Waals surface area contributed by atoms with Crippen molar-refractivity contribution in [3.8, 4) is 5.75 Å². The third-order valence-corrected chi connectivity index (χ3v) is 5.02. The van der Waals surface area contributed by atoms with Gasteiger partial charge in [0.2, 0.25) is 5.90 Å². The SMILES string of the molecule is O=C1OC(c2ccc(Cl)c([N+](=O)[O-])c2)=N/C1=C\c1cccc(OCc2cccc(Cl)c2)c1. The van der Waals surface area contributed by atoms with Gasteiger partial charge in [0.25, 0.3) is 5.69 Å². The molecule has 1 aliphatic rings. The van der Waals surface area contributed by atoms with E-state index in [1.807, 2.05) is 18.2 Å². The highest BCUT2D eigenvalue weighted by molar-refractivity contribution is 6.32. The van der Waals surface area contributed by atoms with Gasteiger partial charge in [-0.15, -0.1) is 0 Å². The molecule has 32 heavy (non-hydrogen) atoms. The summed E-state index contributed by atoms with van der Waals surface area (Å²) in [6.45, 7) is 0.334. The first-order valence-electron chi connectivity index (χ1n) is 9.33. The molecule has 0 fully saturated rings. The number of ether oxygens (including phenoxy) is 2. The van der Waals surface area contributed by atoms with Crippen LogP contribution in [-0.4, -0.2) is 16.8 Å². The summed E-state index contributed by atoms with van der Waals surface area (Å²) in [4.78, 5) is 26.9. The zero-order valence-electron chi connectivity index (χ0n) is 16.3. The van der Waals surface area contributed by atoms with Crippen LogP contribution in [0.25, 0.3) is 6.08 Å². The largest absolute Gasteiger partial charge is 0.489 e. The van der Waals surface area contributed by atoms with E-state index in [1.165, 1.54) is 18.2 Å². The lowest BCUT2D eigenvalue weighted by molar-refractivity contribution is -0.384. The summed E-state index contributed by atoms with van der Waals surface area (Å²) in [6.07, 6.45) is 1.55. The van der Waals surface area contributed by atoms with Crippen molar-refractivity contribution in [2.24, 2.45) is 4.99 Å². The second-order valence-electron chi connectivity index (χ2n) is 6.75. The third-order valence-electron chi connectivity index (χ3n) is 4.47. The summed E-state index contributed by atoms with van der Waals surface area (Å²) >= 11 is 11.8. The summed E-state index contributed by atoms with van der Waals surface area (Å²) in [5.74, 6) is -0.0968. The Kier molecular flexibility index (Phi) is 6.20. The van der Waals surface area contributed by atoms with E-state index in [4.69, 9.17) is 32.7 Å². The second kappa shape index (κ2) is 9.21. The number of carbonyl (C=O) groups excluding carboxylic acids is 1. The topological polar surface area (TPSA) is 91.0 Å². The molecule has 3 aromatic rings. The highest BCUT2D eigenvalue weighted by Crippen LogP contribution is 2.28. The molecule has 0 radical (unpaired) electrons. The van der Waals surface area contributed by atoms with E-state index in [-0.39, 0.29) is 27.9 Å². The molecule has 0 aliphatic carbocycles. The molecule has 0 aromatic heterocycles. The predicted octanol–water partition coefficient (Wildman–Crippen LogP) is 5.83. The molecule has 0 amide bonds. The van der Waals surface area contributed by atoms with E-state index in [0.717, 1.165) is 5.56 Å². The van der Waals surface area contributed by atoms with Gasteiger partial charge in [0.05, 0.1) is 4.92 Å². The molecule has 0 atom stereocenters. The van der Waals surface area contributed by atoms with Crippen molar-refractivity contribution in [3.63, 3.8) is 0 Å². The van der Waals surface area contributed by atoms with E-state index in [1.54, 1.807) is 36.4 Å². The number of hydrogen-bond donors (Lipinski definition) is 0. The summed E-state index contributed by atoms with van der Waals surface area (Å²) in [7, 11) is 0. The normalized spacial score (nSPS) is 14.2. The molecule has 9 heteroatoms. The van der Waals surface area contributed by atoms with Crippen LogP contribution >= 0.6 is 23.2 Å². The van der Waals surface area contributed by atoms with Crippen LogP contribution in [0, 0.1) is 10.1 Å². The first-order chi connectivity index (χ1) is 15.4. The van der Waals surface area contributed by atoms with Crippen molar-refractivity contribution in [1.82, 2.24) is 0 Å². The molecule has 1 aliphatic heterocycles. The third kappa shape index (κ3) is 4.96. The van der Waals surface area contributed by atoms with Crippen molar-refractivity contribution >= 4 is 46.8 Å². The van der Waals surface area contributed by atoms with Crippen LogP contribution in [0.4, 0.5) is 5.69 Å². The number of carbonyl (C=O) groups is 1. The number of nitro groups is 1. The summed E-state index contributed by atoms with van der Waals surface area (Å²) in [6, 6.07) is 18.5. The van der Waals surface area contributed by atoms with Crippen molar-refractivity contribution in [2.45, 2.75) is 6.61 Å². The number of hydrogen-bond acceptors (Lipinski definition) is 6. The Morgan fingerprint density at radius 3 is 2.66 bits per heavy atom. The highest BCUT2D eigenvalue weighted by Gasteiger charge is 2.26. The molecule has 0 saturated heterocycles. The number of nitro benzene ring substituents is 1. The van der Waals surface area contributed by atoms with Crippen molar-refractivity contribution in [3.05, 3.63) is 109 Å². The first-order valence-corrected chi connectivity index (χ1v) is 10.1. The van der Waals surface area contributed by atoms with Crippen molar-refractivity contribution in [2.75, 3.05) is 0 Å². The maximum Gasteiger partial charge on any atom is 0.363 e. The van der Waals surface area contributed by atoms with Gasteiger partial charge in [-0.05, 0) is 53.6 Å². The van der Waals surface area contributed by atoms with Crippen LogP contribution in [0.3, 0.4) is 0 Å². The van der Waals surface area contributed by atoms with Gasteiger partial charge in [-0.1, -0.05) is 47.5 Å². The van der Waals surface area contributed by atoms with Crippen LogP contribution in [0.15, 0.2) is 77.4 Å². The molecule has 160 valence electrons. The minimum atomic E-state index is -0.664. The fraction of sp³-hybridized carbons (Fsp3) is 0.0435. The summed E-state index contributed by atoms with van der Waals surface area (Å²) in [5.41, 5.74) is 1.63. The van der Waals surface area contributed by atoms with E-state index < -0.39 is 10.9 Å². The fourth-order valence-corrected chi connectivity index (χ4v) is 3.36. The van der Waals surface area contributed by atoms with Crippen molar-refractivity contribution < 1.29 is 19.2 Å². The molecule has 7 nitrogen and oxygen atoms in total. The average molecular weight is 469 g/mol. The maximum absolute atomic E-state index is 12.3. The molecule has 1 heterocycles. The number of cyclic esters (lactones) is 1. The Bertz CT molecular complexity index is 1290. The van der Waals surface area contributed by atoms with Gasteiger partial charge < -0.3 is 9.47 Å². The van der Waals surface area contributed by atoms with Crippen LogP contribution in [-0.2, 0) is 16.1 Å². The zero-order chi connectivity index (χ0) is 22.7. The number of esters is 1. The number of benzene rings is 3. The Balaban J connectivity index is 1.54. The van der Waals surface area contributed by atoms with Gasteiger partial charge in [0.15, 0.2) is 5.70 Å². The van der Waals surface area contributed by atoms with Gasteiger partial charge in [-0.25, -0.2) is 9.79 Å². The molecule has 0 unspecified atom stereocenters. The van der Waals surface area contributed by atoms with Gasteiger partial charge >= 0.3 is 5.97 Å². The molecule has 4 rings (SSSR count). The van der Waals surface area contributed by atoms with Gasteiger partial charge in [-0.3, -0.25) is 10.1 Å². The zero-order valence-corrected chi connectivity index (χ0v) is 17.8. The van der Waals surface area contributed by atoms with Crippen LogP contribution < -0.4 is 4.74 Å². The van der Waals surface area contributed by atoms with Crippen molar-refractivity contribution in [1.29, 1.82) is 0 Å². The van der Waals surface area contributed by atoms with Gasteiger partial charge in [0, 0.05) is 16.7 Å². The van der Waals surface area contributed by atoms with Crippen LogP contribution in [0.1, 0.15) is 16.7 Å². The molecule has 0 saturated carbocycles. The smallest absolute Gasteiger partial charge is 0.363 e. The Labute approximate surface area is 192 Å². The summed E-state index contributed by atoms with van der Waals surface area (Å²) in [5, 5.41) is 11.7. The van der Waals surface area contributed by atoms with E-state index in [0.29, 0.717) is 22.9 Å².